The number of thiazole rings is 1. The Labute approximate surface area is 193 Å². The second-order valence-corrected chi connectivity index (χ2v) is 8.66. The molecule has 0 unspecified atom stereocenters. The van der Waals surface area contributed by atoms with E-state index in [1.807, 2.05) is 0 Å². The van der Waals surface area contributed by atoms with E-state index in [1.165, 1.54) is 17.0 Å². The normalized spacial score (nSPS) is 14.0. The number of alkyl halides is 3. The Kier molecular flexibility index (Phi) is 5.93. The van der Waals surface area contributed by atoms with Gasteiger partial charge in [0.15, 0.2) is 5.78 Å². The van der Waals surface area contributed by atoms with Gasteiger partial charge in [-0.25, -0.2) is 15.0 Å². The average Bonchev–Trinajstić information content (AvgIpc) is 3.44. The number of halogens is 4. The summed E-state index contributed by atoms with van der Waals surface area (Å²) >= 11 is 6.54. The van der Waals surface area contributed by atoms with Crippen molar-refractivity contribution < 1.29 is 27.6 Å². The summed E-state index contributed by atoms with van der Waals surface area (Å²) < 4.78 is 40.5. The summed E-state index contributed by atoms with van der Waals surface area (Å²) in [5, 5.41) is 4.74. The summed E-state index contributed by atoms with van der Waals surface area (Å²) in [6, 6.07) is 0.646. The number of carbonyl (C=O) groups excluding carboxylic acids is 3. The predicted octanol–water partition coefficient (Wildman–Crippen LogP) is 3.99. The molecule has 9 nitrogen and oxygen atoms in total. The number of fused-ring (bicyclic) bond motifs is 1. The lowest BCUT2D eigenvalue weighted by molar-refractivity contribution is -0.137. The van der Waals surface area contributed by atoms with E-state index in [0.717, 1.165) is 17.5 Å². The Bertz CT molecular complexity index is 1270. The van der Waals surface area contributed by atoms with Crippen LogP contribution in [0.2, 0.25) is 5.02 Å². The van der Waals surface area contributed by atoms with E-state index < -0.39 is 22.7 Å². The maximum atomic E-state index is 13.0. The Morgan fingerprint density at radius 2 is 2.03 bits per heavy atom. The molecule has 0 saturated carbocycles. The van der Waals surface area contributed by atoms with Crippen molar-refractivity contribution in [1.82, 2.24) is 19.5 Å². The van der Waals surface area contributed by atoms with Gasteiger partial charge in [-0.3, -0.25) is 24.3 Å². The van der Waals surface area contributed by atoms with Gasteiger partial charge in [0, 0.05) is 18.5 Å². The number of carbonyl (C=O) groups is 3. The van der Waals surface area contributed by atoms with Crippen LogP contribution in [0.1, 0.15) is 50.0 Å². The third-order valence-corrected chi connectivity index (χ3v) is 6.29. The minimum absolute atomic E-state index is 0.0150. The van der Waals surface area contributed by atoms with E-state index in [0.29, 0.717) is 22.7 Å². The first kappa shape index (κ1) is 22.9. The number of pyridine rings is 1. The molecular weight excluding hydrogens is 485 g/mol. The molecule has 0 fully saturated rings. The minimum Gasteiger partial charge on any atom is -0.306 e. The molecule has 1 aliphatic rings. The fourth-order valence-corrected chi connectivity index (χ4v) is 4.23. The number of nitrogens with one attached hydrogen (secondary N) is 2. The van der Waals surface area contributed by atoms with E-state index in [2.05, 4.69) is 25.6 Å². The molecule has 3 aromatic rings. The summed E-state index contributed by atoms with van der Waals surface area (Å²) in [6.07, 6.45) is -1.17. The van der Waals surface area contributed by atoms with Crippen LogP contribution in [-0.2, 0) is 17.5 Å². The van der Waals surface area contributed by atoms with Crippen molar-refractivity contribution in [3.8, 4) is 0 Å². The number of amides is 2. The lowest BCUT2D eigenvalue weighted by Gasteiger charge is -2.10. The van der Waals surface area contributed by atoms with Gasteiger partial charge >= 0.3 is 6.18 Å². The molecule has 0 bridgehead atoms. The zero-order valence-corrected chi connectivity index (χ0v) is 18.3. The van der Waals surface area contributed by atoms with Crippen molar-refractivity contribution in [3.05, 3.63) is 50.8 Å². The molecule has 172 valence electrons. The average molecular weight is 499 g/mol. The second-order valence-electron chi connectivity index (χ2n) is 7.19. The zero-order valence-electron chi connectivity index (χ0n) is 16.7. The van der Waals surface area contributed by atoms with Gasteiger partial charge in [0.25, 0.3) is 5.91 Å². The largest absolute Gasteiger partial charge is 0.418 e. The van der Waals surface area contributed by atoms with E-state index >= 15 is 0 Å². The number of rotatable bonds is 6. The topological polar surface area (TPSA) is 119 Å². The molecule has 3 aromatic heterocycles. The van der Waals surface area contributed by atoms with Crippen LogP contribution in [0.15, 0.2) is 24.7 Å². The number of Topliss-reactive ketones (excluding diaryl/α,β-unsaturated/α-hetero) is 1. The number of nitrogens with zero attached hydrogens (tertiary/aromatic N) is 4. The van der Waals surface area contributed by atoms with Crippen LogP contribution in [0.3, 0.4) is 0 Å². The molecule has 4 heterocycles. The zero-order chi connectivity index (χ0) is 23.9. The molecule has 33 heavy (non-hydrogen) atoms. The van der Waals surface area contributed by atoms with Crippen molar-refractivity contribution in [2.45, 2.75) is 32.0 Å². The summed E-state index contributed by atoms with van der Waals surface area (Å²) in [4.78, 5) is 48.6. The lowest BCUT2D eigenvalue weighted by Crippen LogP contribution is -2.13. The number of ketones is 1. The highest BCUT2D eigenvalue weighted by molar-refractivity contribution is 7.13. The van der Waals surface area contributed by atoms with Crippen molar-refractivity contribution in [3.63, 3.8) is 0 Å². The Morgan fingerprint density at radius 3 is 2.76 bits per heavy atom. The summed E-state index contributed by atoms with van der Waals surface area (Å²) in [7, 11) is 0. The number of imidazole rings is 1. The predicted molar refractivity (Wildman–Crippen MR) is 113 cm³/mol. The molecule has 2 amide bonds. The minimum atomic E-state index is -4.70. The molecule has 4 rings (SSSR count). The number of aromatic nitrogens is 4. The van der Waals surface area contributed by atoms with Gasteiger partial charge in [0.05, 0.1) is 28.0 Å². The van der Waals surface area contributed by atoms with Crippen molar-refractivity contribution in [2.24, 2.45) is 0 Å². The van der Waals surface area contributed by atoms with Gasteiger partial charge in [-0.1, -0.05) is 18.5 Å². The SMILES string of the molecule is C[C@@H](CC(=O)c1cnc2n1CC(=O)N2)c1ncc(C(=O)Nc2cc(C(F)(F)F)c(Cl)cn2)s1. The molecule has 2 N–H and O–H groups in total. The van der Waals surface area contributed by atoms with E-state index in [-0.39, 0.29) is 41.3 Å². The van der Waals surface area contributed by atoms with E-state index in [4.69, 9.17) is 11.6 Å². The fourth-order valence-electron chi connectivity index (χ4n) is 3.16. The van der Waals surface area contributed by atoms with Gasteiger partial charge < -0.3 is 5.32 Å². The van der Waals surface area contributed by atoms with Crippen LogP contribution in [0.5, 0.6) is 0 Å². The smallest absolute Gasteiger partial charge is 0.306 e. The maximum absolute atomic E-state index is 13.0. The molecule has 0 radical (unpaired) electrons. The summed E-state index contributed by atoms with van der Waals surface area (Å²) in [6.45, 7) is 1.76. The molecule has 14 heteroatoms. The summed E-state index contributed by atoms with van der Waals surface area (Å²) in [5.41, 5.74) is -0.825. The standard InChI is InChI=1S/C19H14ClF3N6O3S/c1-8(2-12(30)11-5-26-18-28-15(31)7-29(11)18)17-25-6-13(33-17)16(32)27-14-3-9(19(21,22)23)10(20)4-24-14/h3-6,8H,2,7H2,1H3,(H,24,27,32)(H,26,28,31)/t8-/m0/s1. The van der Waals surface area contributed by atoms with Crippen LogP contribution >= 0.6 is 22.9 Å². The molecule has 1 atom stereocenters. The first-order chi connectivity index (χ1) is 15.5. The van der Waals surface area contributed by atoms with Crippen LogP contribution in [0.25, 0.3) is 0 Å². The quantitative estimate of drug-likeness (QED) is 0.496. The van der Waals surface area contributed by atoms with Gasteiger partial charge in [0.2, 0.25) is 11.9 Å². The number of hydrogen-bond donors (Lipinski definition) is 2. The van der Waals surface area contributed by atoms with Crippen molar-refractivity contribution in [1.29, 1.82) is 0 Å². The maximum Gasteiger partial charge on any atom is 0.418 e. The molecule has 0 aliphatic carbocycles. The highest BCUT2D eigenvalue weighted by Crippen LogP contribution is 2.35. The van der Waals surface area contributed by atoms with E-state index in [9.17, 15) is 27.6 Å². The molecule has 0 spiro atoms. The highest BCUT2D eigenvalue weighted by Gasteiger charge is 2.34. The Morgan fingerprint density at radius 1 is 1.27 bits per heavy atom. The first-order valence-electron chi connectivity index (χ1n) is 9.41. The van der Waals surface area contributed by atoms with Gasteiger partial charge in [-0.2, -0.15) is 13.2 Å². The molecule has 0 saturated heterocycles. The van der Waals surface area contributed by atoms with Gasteiger partial charge in [-0.15, -0.1) is 11.3 Å². The van der Waals surface area contributed by atoms with Crippen molar-refractivity contribution >= 4 is 52.3 Å². The molecule has 1 aliphatic heterocycles. The van der Waals surface area contributed by atoms with Crippen LogP contribution in [-0.4, -0.2) is 37.1 Å². The monoisotopic (exact) mass is 498 g/mol. The third-order valence-electron chi connectivity index (χ3n) is 4.76. The van der Waals surface area contributed by atoms with Gasteiger partial charge in [0.1, 0.15) is 22.9 Å². The van der Waals surface area contributed by atoms with Crippen LogP contribution in [0.4, 0.5) is 24.9 Å². The molecular formula is C19H14ClF3N6O3S. The summed E-state index contributed by atoms with van der Waals surface area (Å²) in [5.74, 6) is -1.55. The van der Waals surface area contributed by atoms with Crippen LogP contribution < -0.4 is 10.6 Å². The lowest BCUT2D eigenvalue weighted by atomic mass is 10.0. The fraction of sp³-hybridized carbons (Fsp3) is 0.263. The second kappa shape index (κ2) is 8.56. The Hall–Kier alpha value is -3.32. The third kappa shape index (κ3) is 4.73. The first-order valence-corrected chi connectivity index (χ1v) is 10.6. The number of hydrogen-bond acceptors (Lipinski definition) is 7. The van der Waals surface area contributed by atoms with E-state index in [1.54, 1.807) is 6.92 Å². The highest BCUT2D eigenvalue weighted by atomic mass is 35.5. The van der Waals surface area contributed by atoms with Crippen molar-refractivity contribution in [2.75, 3.05) is 10.6 Å². The van der Waals surface area contributed by atoms with Gasteiger partial charge in [-0.05, 0) is 6.07 Å². The van der Waals surface area contributed by atoms with Crippen LogP contribution in [0, 0.1) is 0 Å². The Balaban J connectivity index is 1.43. The number of anilines is 2. The molecule has 0 aromatic carbocycles.